The quantitative estimate of drug-likeness (QED) is 0.519. The molecule has 0 spiro atoms. The standard InChI is InChI=1S/C10H5F7O3/c11-5-3-1-2-4-6(5)20-7(18)8(19,9(12,13)14)10(15,16)17/h1-4,19H. The molecule has 1 aromatic rings. The Balaban J connectivity index is 3.19. The first-order valence-electron chi connectivity index (χ1n) is 4.74. The van der Waals surface area contributed by atoms with Crippen molar-refractivity contribution in [3.63, 3.8) is 0 Å². The number of carbonyl (C=O) groups excluding carboxylic acids is 1. The van der Waals surface area contributed by atoms with Crippen LogP contribution in [0.2, 0.25) is 0 Å². The second-order valence-electron chi connectivity index (χ2n) is 3.53. The van der Waals surface area contributed by atoms with Crippen LogP contribution in [0.3, 0.4) is 0 Å². The fourth-order valence-corrected chi connectivity index (χ4v) is 1.09. The summed E-state index contributed by atoms with van der Waals surface area (Å²) < 4.78 is 90.4. The zero-order valence-corrected chi connectivity index (χ0v) is 9.22. The van der Waals surface area contributed by atoms with E-state index in [-0.39, 0.29) is 0 Å². The minimum atomic E-state index is -6.38. The maximum absolute atomic E-state index is 13.0. The van der Waals surface area contributed by atoms with E-state index in [0.717, 1.165) is 12.1 Å². The molecule has 1 rings (SSSR count). The van der Waals surface area contributed by atoms with Crippen LogP contribution in [0.5, 0.6) is 5.75 Å². The summed E-state index contributed by atoms with van der Waals surface area (Å²) in [5.74, 6) is -5.64. The lowest BCUT2D eigenvalue weighted by Crippen LogP contribution is -2.63. The van der Waals surface area contributed by atoms with Gasteiger partial charge in [-0.3, -0.25) is 0 Å². The Bertz CT molecular complexity index is 492. The SMILES string of the molecule is O=C(Oc1ccccc1F)C(O)(C(F)(F)F)C(F)(F)F. The van der Waals surface area contributed by atoms with Crippen LogP contribution in [0.15, 0.2) is 24.3 Å². The van der Waals surface area contributed by atoms with Gasteiger partial charge >= 0.3 is 23.9 Å². The number of aliphatic hydroxyl groups is 1. The molecule has 3 nitrogen and oxygen atoms in total. The van der Waals surface area contributed by atoms with E-state index >= 15 is 0 Å². The lowest BCUT2D eigenvalue weighted by atomic mass is 10.0. The number of para-hydroxylation sites is 1. The third-order valence-electron chi connectivity index (χ3n) is 2.16. The summed E-state index contributed by atoms with van der Waals surface area (Å²) in [6.07, 6.45) is -12.8. The molecule has 0 aromatic heterocycles. The van der Waals surface area contributed by atoms with Crippen molar-refractivity contribution >= 4 is 5.97 Å². The van der Waals surface area contributed by atoms with Crippen molar-refractivity contribution < 1.29 is 45.4 Å². The molecule has 1 N–H and O–H groups in total. The van der Waals surface area contributed by atoms with E-state index in [0.29, 0.717) is 12.1 Å². The van der Waals surface area contributed by atoms with E-state index in [1.165, 1.54) is 0 Å². The van der Waals surface area contributed by atoms with E-state index < -0.39 is 35.5 Å². The van der Waals surface area contributed by atoms with Crippen molar-refractivity contribution in [3.05, 3.63) is 30.1 Å². The molecule has 10 heteroatoms. The Kier molecular flexibility index (Phi) is 3.99. The largest absolute Gasteiger partial charge is 0.437 e. The number of rotatable bonds is 2. The Morgan fingerprint density at radius 3 is 1.85 bits per heavy atom. The molecule has 0 aliphatic rings. The molecule has 0 amide bonds. The topological polar surface area (TPSA) is 46.5 Å². The van der Waals surface area contributed by atoms with Gasteiger partial charge in [0.1, 0.15) is 0 Å². The minimum Gasteiger partial charge on any atom is -0.421 e. The highest BCUT2D eigenvalue weighted by molar-refractivity contribution is 5.83. The molecule has 0 saturated heterocycles. The molecule has 0 radical (unpaired) electrons. The predicted molar refractivity (Wildman–Crippen MR) is 49.1 cm³/mol. The van der Waals surface area contributed by atoms with Crippen molar-refractivity contribution in [1.82, 2.24) is 0 Å². The van der Waals surface area contributed by atoms with Gasteiger partial charge in [-0.25, -0.2) is 9.18 Å². The van der Waals surface area contributed by atoms with Crippen LogP contribution < -0.4 is 4.74 Å². The average Bonchev–Trinajstić information content (AvgIpc) is 2.28. The van der Waals surface area contributed by atoms with Gasteiger partial charge in [0, 0.05) is 0 Å². The van der Waals surface area contributed by atoms with Crippen LogP contribution in [0.4, 0.5) is 30.7 Å². The zero-order chi connectivity index (χ0) is 15.8. The first-order chi connectivity index (χ1) is 8.91. The molecule has 0 bridgehead atoms. The highest BCUT2D eigenvalue weighted by Gasteiger charge is 2.76. The number of hydrogen-bond donors (Lipinski definition) is 1. The molecular formula is C10H5F7O3. The zero-order valence-electron chi connectivity index (χ0n) is 9.22. The van der Waals surface area contributed by atoms with Crippen LogP contribution in [0.1, 0.15) is 0 Å². The summed E-state index contributed by atoms with van der Waals surface area (Å²) in [6.45, 7) is 0. The molecule has 20 heavy (non-hydrogen) atoms. The van der Waals surface area contributed by atoms with Gasteiger partial charge in [0.05, 0.1) is 0 Å². The third-order valence-corrected chi connectivity index (χ3v) is 2.16. The van der Waals surface area contributed by atoms with Crippen LogP contribution in [-0.4, -0.2) is 29.0 Å². The van der Waals surface area contributed by atoms with E-state index in [1.54, 1.807) is 0 Å². The van der Waals surface area contributed by atoms with Crippen LogP contribution in [0.25, 0.3) is 0 Å². The first kappa shape index (κ1) is 16.2. The molecular weight excluding hydrogens is 301 g/mol. The van der Waals surface area contributed by atoms with E-state index in [4.69, 9.17) is 5.11 Å². The number of carbonyl (C=O) groups is 1. The van der Waals surface area contributed by atoms with Gasteiger partial charge in [-0.2, -0.15) is 26.3 Å². The van der Waals surface area contributed by atoms with Crippen molar-refractivity contribution in [3.8, 4) is 5.75 Å². The van der Waals surface area contributed by atoms with Crippen molar-refractivity contribution in [2.75, 3.05) is 0 Å². The van der Waals surface area contributed by atoms with Gasteiger partial charge in [0.2, 0.25) is 0 Å². The smallest absolute Gasteiger partial charge is 0.421 e. The molecule has 0 saturated carbocycles. The van der Waals surface area contributed by atoms with E-state index in [1.807, 2.05) is 0 Å². The summed E-state index contributed by atoms with van der Waals surface area (Å²) >= 11 is 0. The van der Waals surface area contributed by atoms with Crippen LogP contribution in [-0.2, 0) is 4.79 Å². The van der Waals surface area contributed by atoms with Crippen LogP contribution >= 0.6 is 0 Å². The average molecular weight is 306 g/mol. The molecule has 1 aromatic carbocycles. The van der Waals surface area contributed by atoms with Crippen molar-refractivity contribution in [1.29, 1.82) is 0 Å². The minimum absolute atomic E-state index is 0.625. The normalized spacial score (nSPS) is 13.2. The van der Waals surface area contributed by atoms with Gasteiger partial charge in [-0.1, -0.05) is 12.1 Å². The second kappa shape index (κ2) is 4.93. The Hall–Kier alpha value is -1.84. The summed E-state index contributed by atoms with van der Waals surface area (Å²) in [7, 11) is 0. The summed E-state index contributed by atoms with van der Waals surface area (Å²) in [4.78, 5) is 11.0. The van der Waals surface area contributed by atoms with Gasteiger partial charge in [-0.05, 0) is 12.1 Å². The number of ether oxygens (including phenoxy) is 1. The Labute approximate surface area is 106 Å². The number of alkyl halides is 6. The summed E-state index contributed by atoms with van der Waals surface area (Å²) in [6, 6.07) is 3.33. The van der Waals surface area contributed by atoms with E-state index in [9.17, 15) is 35.5 Å². The predicted octanol–water partition coefficient (Wildman–Crippen LogP) is 2.59. The molecule has 0 aliphatic heterocycles. The van der Waals surface area contributed by atoms with Gasteiger partial charge < -0.3 is 9.84 Å². The molecule has 0 aliphatic carbocycles. The summed E-state index contributed by atoms with van der Waals surface area (Å²) in [5, 5.41) is 8.66. The maximum Gasteiger partial charge on any atom is 0.437 e. The van der Waals surface area contributed by atoms with Gasteiger partial charge in [-0.15, -0.1) is 0 Å². The first-order valence-corrected chi connectivity index (χ1v) is 4.74. The van der Waals surface area contributed by atoms with Crippen molar-refractivity contribution in [2.24, 2.45) is 0 Å². The molecule has 0 atom stereocenters. The van der Waals surface area contributed by atoms with Crippen LogP contribution in [0, 0.1) is 5.82 Å². The second-order valence-corrected chi connectivity index (χ2v) is 3.53. The number of hydrogen-bond acceptors (Lipinski definition) is 3. The molecule has 112 valence electrons. The monoisotopic (exact) mass is 306 g/mol. The third kappa shape index (κ3) is 2.69. The fraction of sp³-hybridized carbons (Fsp3) is 0.300. The molecule has 0 unspecified atom stereocenters. The Morgan fingerprint density at radius 2 is 1.45 bits per heavy atom. The lowest BCUT2D eigenvalue weighted by Gasteiger charge is -2.29. The maximum atomic E-state index is 13.0. The lowest BCUT2D eigenvalue weighted by molar-refractivity contribution is -0.354. The van der Waals surface area contributed by atoms with Crippen molar-refractivity contribution in [2.45, 2.75) is 18.0 Å². The Morgan fingerprint density at radius 1 is 1.00 bits per heavy atom. The summed E-state index contributed by atoms with van der Waals surface area (Å²) in [5.41, 5.74) is -5.75. The highest BCUT2D eigenvalue weighted by atomic mass is 19.4. The van der Waals surface area contributed by atoms with Gasteiger partial charge in [0.25, 0.3) is 0 Å². The number of benzene rings is 1. The van der Waals surface area contributed by atoms with Gasteiger partial charge in [0.15, 0.2) is 11.6 Å². The highest BCUT2D eigenvalue weighted by Crippen LogP contribution is 2.44. The fourth-order valence-electron chi connectivity index (χ4n) is 1.09. The van der Waals surface area contributed by atoms with E-state index in [2.05, 4.69) is 4.74 Å². The molecule has 0 heterocycles. The molecule has 0 fully saturated rings. The number of halogens is 7. The number of esters is 1.